The first kappa shape index (κ1) is 7.55. The van der Waals surface area contributed by atoms with E-state index in [-0.39, 0.29) is 0 Å². The molecule has 0 aliphatic heterocycles. The van der Waals surface area contributed by atoms with Crippen molar-refractivity contribution in [3.63, 3.8) is 0 Å². The standard InChI is InChI=1S/C8H10ClN/c1-6-4-10-5-7(2)8(6)3-9/h4-5H,3H2,1-2H3. The van der Waals surface area contributed by atoms with Crippen molar-refractivity contribution < 1.29 is 0 Å². The minimum Gasteiger partial charge on any atom is -0.264 e. The second-order valence-electron chi connectivity index (χ2n) is 2.39. The number of aryl methyl sites for hydroxylation is 2. The summed E-state index contributed by atoms with van der Waals surface area (Å²) < 4.78 is 0. The van der Waals surface area contributed by atoms with Crippen LogP contribution in [0.25, 0.3) is 0 Å². The topological polar surface area (TPSA) is 12.9 Å². The Morgan fingerprint density at radius 3 is 2.10 bits per heavy atom. The van der Waals surface area contributed by atoms with Gasteiger partial charge in [-0.15, -0.1) is 11.6 Å². The largest absolute Gasteiger partial charge is 0.264 e. The zero-order chi connectivity index (χ0) is 7.56. The summed E-state index contributed by atoms with van der Waals surface area (Å²) in [5.74, 6) is 0.584. The van der Waals surface area contributed by atoms with Gasteiger partial charge in [0.1, 0.15) is 0 Å². The van der Waals surface area contributed by atoms with Gasteiger partial charge in [-0.05, 0) is 30.5 Å². The van der Waals surface area contributed by atoms with Crippen molar-refractivity contribution in [3.8, 4) is 0 Å². The Balaban J connectivity index is 3.17. The third-order valence-electron chi connectivity index (χ3n) is 1.62. The zero-order valence-corrected chi connectivity index (χ0v) is 6.94. The lowest BCUT2D eigenvalue weighted by Gasteiger charge is -2.03. The lowest BCUT2D eigenvalue weighted by atomic mass is 10.1. The van der Waals surface area contributed by atoms with E-state index >= 15 is 0 Å². The Morgan fingerprint density at radius 1 is 1.30 bits per heavy atom. The normalized spacial score (nSPS) is 9.90. The Bertz CT molecular complexity index is 212. The van der Waals surface area contributed by atoms with Crippen molar-refractivity contribution in [2.45, 2.75) is 19.7 Å². The molecule has 0 radical (unpaired) electrons. The van der Waals surface area contributed by atoms with E-state index in [9.17, 15) is 0 Å². The summed E-state index contributed by atoms with van der Waals surface area (Å²) in [6, 6.07) is 0. The van der Waals surface area contributed by atoms with Gasteiger partial charge in [-0.25, -0.2) is 0 Å². The SMILES string of the molecule is Cc1cncc(C)c1CCl. The maximum atomic E-state index is 5.71. The van der Waals surface area contributed by atoms with Gasteiger partial charge in [-0.3, -0.25) is 4.98 Å². The fourth-order valence-electron chi connectivity index (χ4n) is 0.938. The van der Waals surface area contributed by atoms with Crippen molar-refractivity contribution in [1.29, 1.82) is 0 Å². The number of hydrogen-bond acceptors (Lipinski definition) is 1. The van der Waals surface area contributed by atoms with E-state index in [0.29, 0.717) is 5.88 Å². The zero-order valence-electron chi connectivity index (χ0n) is 6.19. The number of nitrogens with zero attached hydrogens (tertiary/aromatic N) is 1. The van der Waals surface area contributed by atoms with Gasteiger partial charge in [0, 0.05) is 18.3 Å². The fourth-order valence-corrected chi connectivity index (χ4v) is 1.36. The molecule has 10 heavy (non-hydrogen) atoms. The Morgan fingerprint density at radius 2 is 1.80 bits per heavy atom. The minimum absolute atomic E-state index is 0.584. The molecule has 0 N–H and O–H groups in total. The minimum atomic E-state index is 0.584. The van der Waals surface area contributed by atoms with Crippen LogP contribution in [0, 0.1) is 13.8 Å². The smallest absolute Gasteiger partial charge is 0.0480 e. The molecule has 0 amide bonds. The van der Waals surface area contributed by atoms with Crippen LogP contribution >= 0.6 is 11.6 Å². The number of rotatable bonds is 1. The van der Waals surface area contributed by atoms with Crippen LogP contribution in [0.3, 0.4) is 0 Å². The molecule has 1 heterocycles. The van der Waals surface area contributed by atoms with Gasteiger partial charge in [0.2, 0.25) is 0 Å². The van der Waals surface area contributed by atoms with Gasteiger partial charge >= 0.3 is 0 Å². The summed E-state index contributed by atoms with van der Waals surface area (Å²) in [6.45, 7) is 4.05. The molecule has 0 unspecified atom stereocenters. The van der Waals surface area contributed by atoms with E-state index in [1.165, 1.54) is 16.7 Å². The average molecular weight is 156 g/mol. The summed E-state index contributed by atoms with van der Waals surface area (Å²) in [6.07, 6.45) is 3.68. The average Bonchev–Trinajstić information content (AvgIpc) is 1.88. The summed E-state index contributed by atoms with van der Waals surface area (Å²) >= 11 is 5.71. The third-order valence-corrected chi connectivity index (χ3v) is 1.89. The van der Waals surface area contributed by atoms with Crippen LogP contribution in [0.1, 0.15) is 16.7 Å². The molecule has 1 aromatic heterocycles. The highest BCUT2D eigenvalue weighted by Crippen LogP contribution is 2.13. The predicted molar refractivity (Wildman–Crippen MR) is 43.3 cm³/mol. The summed E-state index contributed by atoms with van der Waals surface area (Å²) in [5, 5.41) is 0. The van der Waals surface area contributed by atoms with Crippen molar-refractivity contribution in [2.24, 2.45) is 0 Å². The first-order valence-corrected chi connectivity index (χ1v) is 3.75. The number of aromatic nitrogens is 1. The van der Waals surface area contributed by atoms with E-state index < -0.39 is 0 Å². The number of halogens is 1. The second-order valence-corrected chi connectivity index (χ2v) is 2.65. The molecule has 0 bridgehead atoms. The summed E-state index contributed by atoms with van der Waals surface area (Å²) in [4.78, 5) is 4.03. The molecule has 0 saturated heterocycles. The molecule has 0 fully saturated rings. The van der Waals surface area contributed by atoms with Gasteiger partial charge < -0.3 is 0 Å². The van der Waals surface area contributed by atoms with E-state index in [4.69, 9.17) is 11.6 Å². The van der Waals surface area contributed by atoms with E-state index in [2.05, 4.69) is 4.98 Å². The highest BCUT2D eigenvalue weighted by atomic mass is 35.5. The maximum absolute atomic E-state index is 5.71. The molecule has 1 rings (SSSR count). The molecule has 1 aromatic rings. The molecule has 0 aromatic carbocycles. The van der Waals surface area contributed by atoms with E-state index in [1.54, 1.807) is 0 Å². The van der Waals surface area contributed by atoms with Gasteiger partial charge in [-0.1, -0.05) is 0 Å². The van der Waals surface area contributed by atoms with Gasteiger partial charge in [0.05, 0.1) is 0 Å². The lowest BCUT2D eigenvalue weighted by molar-refractivity contribution is 1.15. The summed E-state index contributed by atoms with van der Waals surface area (Å²) in [5.41, 5.74) is 3.56. The Hall–Kier alpha value is -0.560. The van der Waals surface area contributed by atoms with Crippen LogP contribution in [0.2, 0.25) is 0 Å². The molecule has 0 saturated carbocycles. The highest BCUT2D eigenvalue weighted by Gasteiger charge is 1.98. The third kappa shape index (κ3) is 1.29. The van der Waals surface area contributed by atoms with Crippen LogP contribution in [-0.2, 0) is 5.88 Å². The fraction of sp³-hybridized carbons (Fsp3) is 0.375. The van der Waals surface area contributed by atoms with Crippen LogP contribution < -0.4 is 0 Å². The predicted octanol–water partition coefficient (Wildman–Crippen LogP) is 2.44. The molecule has 0 aliphatic rings. The monoisotopic (exact) mass is 155 g/mol. The number of pyridine rings is 1. The first-order valence-electron chi connectivity index (χ1n) is 3.21. The lowest BCUT2D eigenvalue weighted by Crippen LogP contribution is -1.90. The molecule has 0 aliphatic carbocycles. The van der Waals surface area contributed by atoms with Gasteiger partial charge in [0.25, 0.3) is 0 Å². The summed E-state index contributed by atoms with van der Waals surface area (Å²) in [7, 11) is 0. The first-order chi connectivity index (χ1) is 4.75. The van der Waals surface area contributed by atoms with E-state index in [1.807, 2.05) is 26.2 Å². The highest BCUT2D eigenvalue weighted by molar-refractivity contribution is 6.17. The van der Waals surface area contributed by atoms with Crippen LogP contribution in [0.15, 0.2) is 12.4 Å². The van der Waals surface area contributed by atoms with Crippen LogP contribution in [-0.4, -0.2) is 4.98 Å². The number of alkyl halides is 1. The molecular weight excluding hydrogens is 146 g/mol. The van der Waals surface area contributed by atoms with Crippen molar-refractivity contribution in [1.82, 2.24) is 4.98 Å². The molecular formula is C8H10ClN. The van der Waals surface area contributed by atoms with Gasteiger partial charge in [0.15, 0.2) is 0 Å². The van der Waals surface area contributed by atoms with Crippen molar-refractivity contribution in [3.05, 3.63) is 29.1 Å². The Kier molecular flexibility index (Phi) is 2.28. The van der Waals surface area contributed by atoms with Crippen molar-refractivity contribution >= 4 is 11.6 Å². The number of hydrogen-bond donors (Lipinski definition) is 0. The Labute approximate surface area is 66.0 Å². The second kappa shape index (κ2) is 3.02. The molecule has 54 valence electrons. The van der Waals surface area contributed by atoms with Crippen LogP contribution in [0.5, 0.6) is 0 Å². The maximum Gasteiger partial charge on any atom is 0.0480 e. The van der Waals surface area contributed by atoms with E-state index in [0.717, 1.165) is 0 Å². The van der Waals surface area contributed by atoms with Crippen LogP contribution in [0.4, 0.5) is 0 Å². The molecule has 2 heteroatoms. The van der Waals surface area contributed by atoms with Crippen molar-refractivity contribution in [2.75, 3.05) is 0 Å². The quantitative estimate of drug-likeness (QED) is 0.568. The van der Waals surface area contributed by atoms with Gasteiger partial charge in [-0.2, -0.15) is 0 Å². The molecule has 0 spiro atoms. The molecule has 0 atom stereocenters. The molecule has 1 nitrogen and oxygen atoms in total.